The maximum atomic E-state index is 12.7. The van der Waals surface area contributed by atoms with Gasteiger partial charge in [-0.2, -0.15) is 13.2 Å². The van der Waals surface area contributed by atoms with Crippen LogP contribution in [0, 0.1) is 6.92 Å². The number of ether oxygens (including phenoxy) is 1. The summed E-state index contributed by atoms with van der Waals surface area (Å²) in [7, 11) is 0. The molecule has 0 bridgehead atoms. The minimum atomic E-state index is -4.38. The number of hydrogen-bond donors (Lipinski definition) is 2. The molecule has 0 radical (unpaired) electrons. The largest absolute Gasteiger partial charge is 0.478 e. The Labute approximate surface area is 207 Å². The standard InChI is InChI=1S/C28H28F3NO4/c1-18-17-19(6-15-24(18)36-27(2,3)26(34)35)5-4-16-32-25(33)22-9-7-20(8-10-22)21-11-13-23(14-12-21)28(29,30)31/h6-15,17H,4-5,16H2,1-3H3,(H,32,33)(H,34,35). The van der Waals surface area contributed by atoms with Gasteiger partial charge in [0.1, 0.15) is 5.75 Å². The Morgan fingerprint density at radius 3 is 2.03 bits per heavy atom. The Hall–Kier alpha value is -3.81. The molecule has 0 spiro atoms. The van der Waals surface area contributed by atoms with E-state index in [1.54, 1.807) is 30.3 Å². The summed E-state index contributed by atoms with van der Waals surface area (Å²) in [6.45, 7) is 5.30. The van der Waals surface area contributed by atoms with Gasteiger partial charge in [-0.15, -0.1) is 0 Å². The molecule has 0 saturated heterocycles. The number of benzene rings is 3. The number of rotatable bonds is 9. The maximum Gasteiger partial charge on any atom is 0.416 e. The number of carbonyl (C=O) groups is 2. The number of carbonyl (C=O) groups excluding carboxylic acids is 1. The molecule has 0 aliphatic rings. The quantitative estimate of drug-likeness (QED) is 0.340. The molecule has 0 atom stereocenters. The van der Waals surface area contributed by atoms with Crippen LogP contribution in [-0.2, 0) is 17.4 Å². The van der Waals surface area contributed by atoms with E-state index < -0.39 is 23.3 Å². The first-order valence-corrected chi connectivity index (χ1v) is 11.4. The lowest BCUT2D eigenvalue weighted by Crippen LogP contribution is -2.38. The molecule has 2 N–H and O–H groups in total. The van der Waals surface area contributed by atoms with E-state index in [0.717, 1.165) is 35.2 Å². The summed E-state index contributed by atoms with van der Waals surface area (Å²) in [4.78, 5) is 23.7. The highest BCUT2D eigenvalue weighted by atomic mass is 19.4. The molecule has 0 heterocycles. The van der Waals surface area contributed by atoms with Crippen molar-refractivity contribution in [3.8, 4) is 16.9 Å². The van der Waals surface area contributed by atoms with E-state index >= 15 is 0 Å². The first-order chi connectivity index (χ1) is 16.9. The van der Waals surface area contributed by atoms with Crippen LogP contribution in [0.4, 0.5) is 13.2 Å². The Kier molecular flexibility index (Phi) is 8.07. The van der Waals surface area contributed by atoms with Gasteiger partial charge in [0.05, 0.1) is 5.56 Å². The fourth-order valence-electron chi connectivity index (χ4n) is 3.56. The summed E-state index contributed by atoms with van der Waals surface area (Å²) < 4.78 is 43.8. The summed E-state index contributed by atoms with van der Waals surface area (Å²) >= 11 is 0. The second-order valence-electron chi connectivity index (χ2n) is 9.03. The van der Waals surface area contributed by atoms with E-state index in [-0.39, 0.29) is 5.91 Å². The maximum absolute atomic E-state index is 12.7. The van der Waals surface area contributed by atoms with Crippen molar-refractivity contribution in [3.63, 3.8) is 0 Å². The summed E-state index contributed by atoms with van der Waals surface area (Å²) in [5.41, 5.74) is 1.66. The minimum Gasteiger partial charge on any atom is -0.478 e. The molecule has 3 rings (SSSR count). The van der Waals surface area contributed by atoms with Crippen LogP contribution in [0.1, 0.15) is 47.3 Å². The van der Waals surface area contributed by atoms with Crippen LogP contribution in [0.2, 0.25) is 0 Å². The topological polar surface area (TPSA) is 75.6 Å². The second-order valence-corrected chi connectivity index (χ2v) is 9.03. The van der Waals surface area contributed by atoms with Crippen molar-refractivity contribution in [2.75, 3.05) is 6.54 Å². The molecule has 36 heavy (non-hydrogen) atoms. The SMILES string of the molecule is Cc1cc(CCCNC(=O)c2ccc(-c3ccc(C(F)(F)F)cc3)cc2)ccc1OC(C)(C)C(=O)O. The molecule has 3 aromatic carbocycles. The van der Waals surface area contributed by atoms with E-state index in [1.165, 1.54) is 26.0 Å². The van der Waals surface area contributed by atoms with Crippen LogP contribution in [-0.4, -0.2) is 29.1 Å². The van der Waals surface area contributed by atoms with Crippen molar-refractivity contribution in [2.24, 2.45) is 0 Å². The number of alkyl halides is 3. The highest BCUT2D eigenvalue weighted by Crippen LogP contribution is 2.31. The fraction of sp³-hybridized carbons (Fsp3) is 0.286. The van der Waals surface area contributed by atoms with E-state index in [9.17, 15) is 27.9 Å². The fourth-order valence-corrected chi connectivity index (χ4v) is 3.56. The number of nitrogens with one attached hydrogen (secondary N) is 1. The van der Waals surface area contributed by atoms with Gasteiger partial charge in [0.2, 0.25) is 0 Å². The molecule has 8 heteroatoms. The lowest BCUT2D eigenvalue weighted by molar-refractivity contribution is -0.152. The zero-order valence-corrected chi connectivity index (χ0v) is 20.3. The van der Waals surface area contributed by atoms with Gasteiger partial charge < -0.3 is 15.2 Å². The number of amides is 1. The normalized spacial score (nSPS) is 11.7. The summed E-state index contributed by atoms with van der Waals surface area (Å²) in [5, 5.41) is 12.1. The van der Waals surface area contributed by atoms with Gasteiger partial charge >= 0.3 is 12.1 Å². The molecule has 0 saturated carbocycles. The third kappa shape index (κ3) is 6.87. The van der Waals surface area contributed by atoms with Gasteiger partial charge in [-0.05, 0) is 86.2 Å². The highest BCUT2D eigenvalue weighted by Gasteiger charge is 2.30. The second kappa shape index (κ2) is 10.8. The van der Waals surface area contributed by atoms with Gasteiger partial charge in [-0.1, -0.05) is 36.4 Å². The van der Waals surface area contributed by atoms with Crippen molar-refractivity contribution < 1.29 is 32.6 Å². The van der Waals surface area contributed by atoms with Crippen LogP contribution >= 0.6 is 0 Å². The number of aryl methyl sites for hydroxylation is 2. The highest BCUT2D eigenvalue weighted by molar-refractivity contribution is 5.94. The Bertz CT molecular complexity index is 1220. The zero-order valence-electron chi connectivity index (χ0n) is 20.3. The molecule has 3 aromatic rings. The van der Waals surface area contributed by atoms with Gasteiger partial charge in [0.25, 0.3) is 5.91 Å². The molecule has 0 fully saturated rings. The van der Waals surface area contributed by atoms with Crippen molar-refractivity contribution >= 4 is 11.9 Å². The lowest BCUT2D eigenvalue weighted by atomic mass is 10.0. The van der Waals surface area contributed by atoms with E-state index in [0.29, 0.717) is 29.8 Å². The number of aliphatic carboxylic acids is 1. The Morgan fingerprint density at radius 2 is 1.50 bits per heavy atom. The molecule has 5 nitrogen and oxygen atoms in total. The summed E-state index contributed by atoms with van der Waals surface area (Å²) in [6.07, 6.45) is -2.96. The van der Waals surface area contributed by atoms with E-state index in [1.807, 2.05) is 19.1 Å². The Balaban J connectivity index is 1.50. The molecule has 0 unspecified atom stereocenters. The summed E-state index contributed by atoms with van der Waals surface area (Å²) in [5.74, 6) is -0.764. The predicted molar refractivity (Wildman–Crippen MR) is 131 cm³/mol. The number of carboxylic acids is 1. The van der Waals surface area contributed by atoms with E-state index in [2.05, 4.69) is 5.32 Å². The number of hydrogen-bond acceptors (Lipinski definition) is 3. The molecule has 1 amide bonds. The molecule has 0 aliphatic carbocycles. The summed E-state index contributed by atoms with van der Waals surface area (Å²) in [6, 6.07) is 17.2. The third-order valence-electron chi connectivity index (χ3n) is 5.74. The molecule has 190 valence electrons. The molecule has 0 aliphatic heterocycles. The van der Waals surface area contributed by atoms with Crippen LogP contribution in [0.3, 0.4) is 0 Å². The minimum absolute atomic E-state index is 0.232. The van der Waals surface area contributed by atoms with Crippen LogP contribution in [0.15, 0.2) is 66.7 Å². The number of halogens is 3. The van der Waals surface area contributed by atoms with Crippen LogP contribution in [0.25, 0.3) is 11.1 Å². The average Bonchev–Trinajstić information content (AvgIpc) is 2.83. The predicted octanol–water partition coefficient (Wildman–Crippen LogP) is 6.29. The molecular weight excluding hydrogens is 471 g/mol. The van der Waals surface area contributed by atoms with E-state index in [4.69, 9.17) is 4.74 Å². The zero-order chi connectivity index (χ0) is 26.5. The first-order valence-electron chi connectivity index (χ1n) is 11.4. The molecular formula is C28H28F3NO4. The van der Waals surface area contributed by atoms with Crippen molar-refractivity contribution in [2.45, 2.75) is 45.4 Å². The average molecular weight is 500 g/mol. The number of carboxylic acid groups (broad SMARTS) is 1. The molecule has 0 aromatic heterocycles. The van der Waals surface area contributed by atoms with Gasteiger partial charge in [-0.25, -0.2) is 4.79 Å². The van der Waals surface area contributed by atoms with Gasteiger partial charge in [-0.3, -0.25) is 4.79 Å². The van der Waals surface area contributed by atoms with Gasteiger partial charge in [0.15, 0.2) is 5.60 Å². The van der Waals surface area contributed by atoms with Crippen LogP contribution in [0.5, 0.6) is 5.75 Å². The smallest absolute Gasteiger partial charge is 0.416 e. The van der Waals surface area contributed by atoms with Gasteiger partial charge in [0, 0.05) is 12.1 Å². The van der Waals surface area contributed by atoms with Crippen molar-refractivity contribution in [3.05, 3.63) is 89.0 Å². The Morgan fingerprint density at radius 1 is 0.917 bits per heavy atom. The van der Waals surface area contributed by atoms with Crippen LogP contribution < -0.4 is 10.1 Å². The lowest BCUT2D eigenvalue weighted by Gasteiger charge is -2.23. The monoisotopic (exact) mass is 499 g/mol. The third-order valence-corrected chi connectivity index (χ3v) is 5.74. The first kappa shape index (κ1) is 26.8. The van der Waals surface area contributed by atoms with Crippen molar-refractivity contribution in [1.29, 1.82) is 0 Å². The van der Waals surface area contributed by atoms with Crippen molar-refractivity contribution in [1.82, 2.24) is 5.32 Å².